The summed E-state index contributed by atoms with van der Waals surface area (Å²) in [4.78, 5) is 2.36. The van der Waals surface area contributed by atoms with E-state index in [1.165, 1.54) is 64.7 Å². The average Bonchev–Trinajstić information content (AvgIpc) is 3.72. The van der Waals surface area contributed by atoms with Gasteiger partial charge in [-0.15, -0.1) is 11.3 Å². The maximum Gasteiger partial charge on any atom is 0.0713 e. The van der Waals surface area contributed by atoms with Crippen LogP contribution in [-0.4, -0.2) is 0 Å². The molecule has 0 bridgehead atoms. The Balaban J connectivity index is 1.13. The van der Waals surface area contributed by atoms with E-state index in [1.54, 1.807) is 0 Å². The van der Waals surface area contributed by atoms with Crippen molar-refractivity contribution in [3.05, 3.63) is 222 Å². The maximum atomic E-state index is 2.47. The smallest absolute Gasteiger partial charge is 0.0713 e. The van der Waals surface area contributed by atoms with Gasteiger partial charge in [-0.3, -0.25) is 0 Å². The van der Waals surface area contributed by atoms with Crippen molar-refractivity contribution in [2.45, 2.75) is 5.41 Å². The number of fused-ring (bicyclic) bond motifs is 6. The third-order valence-corrected chi connectivity index (χ3v) is 11.7. The van der Waals surface area contributed by atoms with Crippen molar-refractivity contribution >= 4 is 48.6 Å². The molecule has 0 aliphatic heterocycles. The van der Waals surface area contributed by atoms with Gasteiger partial charge in [-0.05, 0) is 93.0 Å². The lowest BCUT2D eigenvalue weighted by Crippen LogP contribution is -2.28. The molecule has 51 heavy (non-hydrogen) atoms. The number of hydrogen-bond donors (Lipinski definition) is 0. The van der Waals surface area contributed by atoms with Gasteiger partial charge in [0.25, 0.3) is 0 Å². The molecule has 1 aliphatic rings. The first kappa shape index (κ1) is 29.7. The zero-order valence-electron chi connectivity index (χ0n) is 27.9. The summed E-state index contributed by atoms with van der Waals surface area (Å²) in [6.45, 7) is 0. The minimum atomic E-state index is -0.410. The number of nitrogens with zero attached hydrogens (tertiary/aromatic N) is 1. The van der Waals surface area contributed by atoms with Crippen molar-refractivity contribution in [1.29, 1.82) is 0 Å². The topological polar surface area (TPSA) is 3.24 Å². The molecule has 1 aromatic heterocycles. The third kappa shape index (κ3) is 4.68. The Morgan fingerprint density at radius 2 is 0.902 bits per heavy atom. The van der Waals surface area contributed by atoms with E-state index >= 15 is 0 Å². The molecule has 1 aliphatic carbocycles. The lowest BCUT2D eigenvalue weighted by Gasteiger charge is -2.34. The average molecular weight is 668 g/mol. The van der Waals surface area contributed by atoms with Gasteiger partial charge in [-0.2, -0.15) is 0 Å². The predicted octanol–water partition coefficient (Wildman–Crippen LogP) is 13.6. The van der Waals surface area contributed by atoms with E-state index in [4.69, 9.17) is 0 Å². The fourth-order valence-corrected chi connectivity index (χ4v) is 9.43. The molecule has 0 N–H and O–H groups in total. The number of benzene rings is 8. The zero-order chi connectivity index (χ0) is 33.8. The minimum Gasteiger partial charge on any atom is -0.310 e. The number of thiophene rings is 1. The first-order valence-electron chi connectivity index (χ1n) is 17.5. The highest BCUT2D eigenvalue weighted by molar-refractivity contribution is 7.25. The Hall–Kier alpha value is -6.22. The quantitative estimate of drug-likeness (QED) is 0.171. The van der Waals surface area contributed by atoms with Crippen LogP contribution in [0.25, 0.3) is 42.4 Å². The van der Waals surface area contributed by atoms with E-state index in [2.05, 4.69) is 205 Å². The Morgan fingerprint density at radius 1 is 0.353 bits per heavy atom. The Labute approximate surface area is 302 Å². The Kier molecular flexibility index (Phi) is 6.97. The van der Waals surface area contributed by atoms with Gasteiger partial charge in [0.1, 0.15) is 0 Å². The Morgan fingerprint density at radius 3 is 1.59 bits per heavy atom. The normalized spacial score (nSPS) is 12.9. The van der Waals surface area contributed by atoms with Crippen LogP contribution >= 0.6 is 11.3 Å². The van der Waals surface area contributed by atoms with Crippen LogP contribution in [-0.2, 0) is 5.41 Å². The lowest BCUT2D eigenvalue weighted by molar-refractivity contribution is 0.770. The van der Waals surface area contributed by atoms with Crippen LogP contribution < -0.4 is 4.90 Å². The molecule has 0 atom stereocenters. The van der Waals surface area contributed by atoms with E-state index in [9.17, 15) is 0 Å². The van der Waals surface area contributed by atoms with E-state index in [1.807, 2.05) is 11.3 Å². The Bertz CT molecular complexity index is 2630. The molecule has 2 heteroatoms. The van der Waals surface area contributed by atoms with Crippen LogP contribution in [0.15, 0.2) is 200 Å². The van der Waals surface area contributed by atoms with Gasteiger partial charge in [-0.25, -0.2) is 0 Å². The summed E-state index contributed by atoms with van der Waals surface area (Å²) in [6, 6.07) is 73.3. The summed E-state index contributed by atoms with van der Waals surface area (Å²) in [5.74, 6) is 0. The van der Waals surface area contributed by atoms with Gasteiger partial charge in [-0.1, -0.05) is 152 Å². The molecule has 1 heterocycles. The van der Waals surface area contributed by atoms with Crippen LogP contribution in [0.3, 0.4) is 0 Å². The summed E-state index contributed by atoms with van der Waals surface area (Å²) in [5.41, 5.74) is 13.3. The van der Waals surface area contributed by atoms with E-state index < -0.39 is 5.41 Å². The molecule has 8 aromatic carbocycles. The molecule has 0 saturated carbocycles. The van der Waals surface area contributed by atoms with Gasteiger partial charge in [0.05, 0.1) is 5.41 Å². The first-order chi connectivity index (χ1) is 25.3. The van der Waals surface area contributed by atoms with Crippen LogP contribution in [0.4, 0.5) is 17.1 Å². The van der Waals surface area contributed by atoms with Crippen molar-refractivity contribution in [1.82, 2.24) is 0 Å². The fourth-order valence-electron chi connectivity index (χ4n) is 8.31. The van der Waals surface area contributed by atoms with Gasteiger partial charge in [0.2, 0.25) is 0 Å². The van der Waals surface area contributed by atoms with Crippen molar-refractivity contribution in [2.24, 2.45) is 0 Å². The largest absolute Gasteiger partial charge is 0.310 e. The minimum absolute atomic E-state index is 0.410. The SMILES string of the molecule is c1ccc(-c2ccc(N(c3ccccc3)c3ccc4c(c3)sc3ccc(C5(c6ccccc6)c6ccccc6-c6ccccc65)cc34)cc2)cc1. The second-order valence-corrected chi connectivity index (χ2v) is 14.4. The van der Waals surface area contributed by atoms with Crippen molar-refractivity contribution in [3.8, 4) is 22.3 Å². The highest BCUT2D eigenvalue weighted by Gasteiger charge is 2.45. The number of rotatable bonds is 6. The predicted molar refractivity (Wildman–Crippen MR) is 217 cm³/mol. The number of hydrogen-bond acceptors (Lipinski definition) is 2. The van der Waals surface area contributed by atoms with Crippen molar-refractivity contribution in [2.75, 3.05) is 4.90 Å². The summed E-state index contributed by atoms with van der Waals surface area (Å²) in [5, 5.41) is 2.59. The summed E-state index contributed by atoms with van der Waals surface area (Å²) < 4.78 is 2.58. The highest BCUT2D eigenvalue weighted by atomic mass is 32.1. The van der Waals surface area contributed by atoms with Gasteiger partial charge < -0.3 is 4.90 Å². The highest BCUT2D eigenvalue weighted by Crippen LogP contribution is 2.56. The fraction of sp³-hybridized carbons (Fsp3) is 0.0204. The molecular formula is C49H33NS. The van der Waals surface area contributed by atoms with Crippen molar-refractivity contribution in [3.63, 3.8) is 0 Å². The van der Waals surface area contributed by atoms with E-state index in [0.717, 1.165) is 17.1 Å². The van der Waals surface area contributed by atoms with Gasteiger partial charge in [0.15, 0.2) is 0 Å². The van der Waals surface area contributed by atoms with Gasteiger partial charge >= 0.3 is 0 Å². The summed E-state index contributed by atoms with van der Waals surface area (Å²) in [7, 11) is 0. The van der Waals surface area contributed by atoms with Crippen LogP contribution in [0.2, 0.25) is 0 Å². The molecule has 0 amide bonds. The molecule has 10 rings (SSSR count). The molecule has 0 radical (unpaired) electrons. The molecule has 0 unspecified atom stereocenters. The molecule has 9 aromatic rings. The number of anilines is 3. The zero-order valence-corrected chi connectivity index (χ0v) is 28.7. The van der Waals surface area contributed by atoms with E-state index in [0.29, 0.717) is 0 Å². The maximum absolute atomic E-state index is 2.47. The van der Waals surface area contributed by atoms with Crippen LogP contribution in [0, 0.1) is 0 Å². The molecule has 0 fully saturated rings. The molecule has 1 nitrogen and oxygen atoms in total. The van der Waals surface area contributed by atoms with Gasteiger partial charge in [0, 0.05) is 37.2 Å². The standard InChI is InChI=1S/C49H33NS/c1-4-14-34(15-5-1)35-24-27-39(28-25-35)50(38-18-8-3-9-19-38)40-29-30-43-44-32-37(26-31-47(44)51-48(43)33-40)49(36-16-6-2-7-17-36)45-22-12-10-20-41(45)42-21-11-13-23-46(42)49/h1-33H. The molecular weight excluding hydrogens is 635 g/mol. The third-order valence-electron chi connectivity index (χ3n) is 10.6. The molecule has 0 spiro atoms. The molecule has 0 saturated heterocycles. The summed E-state index contributed by atoms with van der Waals surface area (Å²) in [6.07, 6.45) is 0. The van der Waals surface area contributed by atoms with Crippen LogP contribution in [0.5, 0.6) is 0 Å². The van der Waals surface area contributed by atoms with Crippen LogP contribution in [0.1, 0.15) is 22.3 Å². The summed E-state index contributed by atoms with van der Waals surface area (Å²) >= 11 is 1.87. The monoisotopic (exact) mass is 667 g/mol. The second kappa shape index (κ2) is 12.0. The number of para-hydroxylation sites is 1. The second-order valence-electron chi connectivity index (χ2n) is 13.3. The molecule has 240 valence electrons. The van der Waals surface area contributed by atoms with Crippen molar-refractivity contribution < 1.29 is 0 Å². The first-order valence-corrected chi connectivity index (χ1v) is 18.3. The van der Waals surface area contributed by atoms with E-state index in [-0.39, 0.29) is 0 Å². The lowest BCUT2D eigenvalue weighted by atomic mass is 9.67.